The molecule has 2 heterocycles. The van der Waals surface area contributed by atoms with E-state index in [1.165, 1.54) is 0 Å². The molecule has 1 aromatic heterocycles. The van der Waals surface area contributed by atoms with E-state index < -0.39 is 23.8 Å². The summed E-state index contributed by atoms with van der Waals surface area (Å²) in [6, 6.07) is 9.14. The Bertz CT molecular complexity index is 944. The van der Waals surface area contributed by atoms with Crippen molar-refractivity contribution >= 4 is 12.0 Å². The van der Waals surface area contributed by atoms with Crippen LogP contribution < -0.4 is 16.4 Å². The van der Waals surface area contributed by atoms with Crippen LogP contribution in [0.5, 0.6) is 0 Å². The molecule has 3 rings (SSSR count). The number of benzene rings is 1. The summed E-state index contributed by atoms with van der Waals surface area (Å²) >= 11 is 0. The van der Waals surface area contributed by atoms with Gasteiger partial charge in [0.1, 0.15) is 6.04 Å². The number of hydrogen-bond acceptors (Lipinski definition) is 8. The van der Waals surface area contributed by atoms with Gasteiger partial charge in [-0.25, -0.2) is 4.79 Å². The molecule has 5 N–H and O–H groups in total. The van der Waals surface area contributed by atoms with Gasteiger partial charge in [0.05, 0.1) is 18.8 Å². The van der Waals surface area contributed by atoms with Crippen LogP contribution in [0.25, 0.3) is 0 Å². The molecule has 0 spiro atoms. The second-order valence-electron chi connectivity index (χ2n) is 8.86. The number of alkyl carbamates (subject to hydrolysis) is 1. The van der Waals surface area contributed by atoms with Gasteiger partial charge >= 0.3 is 6.09 Å². The van der Waals surface area contributed by atoms with E-state index in [0.29, 0.717) is 44.2 Å². The lowest BCUT2D eigenvalue weighted by molar-refractivity contribution is -0.126. The summed E-state index contributed by atoms with van der Waals surface area (Å²) in [6.45, 7) is 4.73. The molecule has 35 heavy (non-hydrogen) atoms. The zero-order valence-electron chi connectivity index (χ0n) is 19.7. The second-order valence-corrected chi connectivity index (χ2v) is 8.86. The number of nitrogens with zero attached hydrogens (tertiary/aromatic N) is 3. The van der Waals surface area contributed by atoms with Crippen molar-refractivity contribution in [1.82, 2.24) is 25.4 Å². The Kier molecular flexibility index (Phi) is 10.6. The van der Waals surface area contributed by atoms with Gasteiger partial charge < -0.3 is 35.5 Å². The fourth-order valence-corrected chi connectivity index (χ4v) is 3.56. The highest BCUT2D eigenvalue weighted by atomic mass is 16.6. The van der Waals surface area contributed by atoms with Crippen molar-refractivity contribution in [1.29, 1.82) is 0 Å². The normalized spacial score (nSPS) is 15.9. The number of hydrogen-bond donors (Lipinski definition) is 4. The summed E-state index contributed by atoms with van der Waals surface area (Å²) in [4.78, 5) is 24.8. The van der Waals surface area contributed by atoms with Gasteiger partial charge in [-0.3, -0.25) is 4.79 Å². The SMILES string of the molecule is C.CC(C)(N)C(=O)N[C@H](COCc1ccccc1)c1nnc2n1CCCC2OC(=O)NCCCO. The number of fused-ring (bicyclic) bond motifs is 1. The smallest absolute Gasteiger partial charge is 0.407 e. The highest BCUT2D eigenvalue weighted by Gasteiger charge is 2.33. The van der Waals surface area contributed by atoms with Crippen molar-refractivity contribution in [2.75, 3.05) is 19.8 Å². The maximum atomic E-state index is 12.7. The largest absolute Gasteiger partial charge is 0.438 e. The Labute approximate surface area is 206 Å². The van der Waals surface area contributed by atoms with Crippen LogP contribution in [0.3, 0.4) is 0 Å². The van der Waals surface area contributed by atoms with Gasteiger partial charge in [0.25, 0.3) is 0 Å². The van der Waals surface area contributed by atoms with E-state index in [0.717, 1.165) is 12.0 Å². The Morgan fingerprint density at radius 3 is 2.71 bits per heavy atom. The molecule has 0 saturated carbocycles. The van der Waals surface area contributed by atoms with Crippen LogP contribution in [-0.4, -0.2) is 57.2 Å². The van der Waals surface area contributed by atoms with E-state index in [2.05, 4.69) is 20.8 Å². The van der Waals surface area contributed by atoms with Crippen LogP contribution in [-0.2, 0) is 27.4 Å². The molecule has 1 unspecified atom stereocenters. The van der Waals surface area contributed by atoms with Crippen LogP contribution in [0.15, 0.2) is 30.3 Å². The molecule has 2 amide bonds. The number of carbonyl (C=O) groups is 2. The molecule has 194 valence electrons. The van der Waals surface area contributed by atoms with E-state index in [4.69, 9.17) is 20.3 Å². The van der Waals surface area contributed by atoms with E-state index in [1.54, 1.807) is 13.8 Å². The monoisotopic (exact) mass is 490 g/mol. The lowest BCUT2D eigenvalue weighted by Crippen LogP contribution is -2.51. The van der Waals surface area contributed by atoms with Crippen molar-refractivity contribution in [3.63, 3.8) is 0 Å². The van der Waals surface area contributed by atoms with E-state index in [9.17, 15) is 9.59 Å². The average molecular weight is 491 g/mol. The first-order valence-corrected chi connectivity index (χ1v) is 11.5. The highest BCUT2D eigenvalue weighted by molar-refractivity contribution is 5.85. The third-order valence-corrected chi connectivity index (χ3v) is 5.40. The average Bonchev–Trinajstić information content (AvgIpc) is 3.24. The van der Waals surface area contributed by atoms with Crippen LogP contribution in [0.4, 0.5) is 4.79 Å². The predicted molar refractivity (Wildman–Crippen MR) is 130 cm³/mol. The summed E-state index contributed by atoms with van der Waals surface area (Å²) in [5.74, 6) is 0.701. The molecular formula is C24H38N6O5. The maximum Gasteiger partial charge on any atom is 0.407 e. The van der Waals surface area contributed by atoms with Gasteiger partial charge in [0.2, 0.25) is 5.91 Å². The van der Waals surface area contributed by atoms with Gasteiger partial charge in [-0.15, -0.1) is 10.2 Å². The highest BCUT2D eigenvalue weighted by Crippen LogP contribution is 2.29. The molecule has 11 nitrogen and oxygen atoms in total. The van der Waals surface area contributed by atoms with E-state index in [-0.39, 0.29) is 26.5 Å². The van der Waals surface area contributed by atoms with Gasteiger partial charge in [-0.05, 0) is 38.7 Å². The summed E-state index contributed by atoms with van der Waals surface area (Å²) < 4.78 is 13.3. The predicted octanol–water partition coefficient (Wildman–Crippen LogP) is 1.97. The fraction of sp³-hybridized carbons (Fsp3) is 0.583. The lowest BCUT2D eigenvalue weighted by atomic mass is 10.1. The van der Waals surface area contributed by atoms with Crippen LogP contribution in [0.1, 0.15) is 69.9 Å². The summed E-state index contributed by atoms with van der Waals surface area (Å²) in [6.07, 6.45) is 0.680. The molecule has 1 aliphatic rings. The molecule has 0 fully saturated rings. The van der Waals surface area contributed by atoms with Crippen molar-refractivity contribution in [2.45, 2.75) is 71.4 Å². The number of carbonyl (C=O) groups excluding carboxylic acids is 2. The van der Waals surface area contributed by atoms with E-state index >= 15 is 0 Å². The quantitative estimate of drug-likeness (QED) is 0.349. The topological polar surface area (TPSA) is 154 Å². The summed E-state index contributed by atoms with van der Waals surface area (Å²) in [5.41, 5.74) is 5.92. The zero-order chi connectivity index (χ0) is 24.6. The van der Waals surface area contributed by atoms with Crippen molar-refractivity contribution in [2.24, 2.45) is 5.73 Å². The van der Waals surface area contributed by atoms with Gasteiger partial charge in [-0.1, -0.05) is 37.8 Å². The van der Waals surface area contributed by atoms with E-state index in [1.807, 2.05) is 34.9 Å². The molecule has 0 aliphatic carbocycles. The standard InChI is InChI=1S/C23H34N6O5.CH4/c1-23(2,24)21(31)26-17(15-33-14-16-8-4-3-5-9-16)19-27-28-20-18(10-6-12-29(19)20)34-22(32)25-11-7-13-30;/h3-5,8-9,17-18,30H,6-7,10-15,24H2,1-2H3,(H,25,32)(H,26,31);1H4/t17-,18?;/m1./s1. The van der Waals surface area contributed by atoms with Crippen molar-refractivity contribution < 1.29 is 24.2 Å². The summed E-state index contributed by atoms with van der Waals surface area (Å²) in [7, 11) is 0. The lowest BCUT2D eigenvalue weighted by Gasteiger charge is -2.27. The molecule has 2 atom stereocenters. The molecule has 1 aliphatic heterocycles. The Hall–Kier alpha value is -3.02. The molecular weight excluding hydrogens is 452 g/mol. The van der Waals surface area contributed by atoms with Crippen LogP contribution in [0.2, 0.25) is 0 Å². The zero-order valence-corrected chi connectivity index (χ0v) is 19.7. The third-order valence-electron chi connectivity index (χ3n) is 5.40. The first-order chi connectivity index (χ1) is 16.3. The number of nitrogens with two attached hydrogens (primary N) is 1. The molecule has 1 aromatic carbocycles. The number of aliphatic hydroxyl groups excluding tert-OH is 1. The number of nitrogens with one attached hydrogen (secondary N) is 2. The molecule has 0 bridgehead atoms. The fourth-order valence-electron chi connectivity index (χ4n) is 3.56. The minimum atomic E-state index is -1.08. The molecule has 0 radical (unpaired) electrons. The Morgan fingerprint density at radius 1 is 1.29 bits per heavy atom. The first-order valence-electron chi connectivity index (χ1n) is 11.5. The second kappa shape index (κ2) is 13.2. The first kappa shape index (κ1) is 28.2. The van der Waals surface area contributed by atoms with Crippen LogP contribution >= 0.6 is 0 Å². The van der Waals surface area contributed by atoms with Crippen LogP contribution in [0, 0.1) is 0 Å². The molecule has 11 heteroatoms. The van der Waals surface area contributed by atoms with Gasteiger partial charge in [0.15, 0.2) is 17.8 Å². The maximum absolute atomic E-state index is 12.7. The number of aromatic nitrogens is 3. The Balaban J connectivity index is 0.00000432. The van der Waals surface area contributed by atoms with Crippen molar-refractivity contribution in [3.8, 4) is 0 Å². The van der Waals surface area contributed by atoms with Gasteiger partial charge in [0, 0.05) is 19.7 Å². The number of aliphatic hydroxyl groups is 1. The van der Waals surface area contributed by atoms with Gasteiger partial charge in [-0.2, -0.15) is 0 Å². The minimum absolute atomic E-state index is 0. The van der Waals surface area contributed by atoms with Crippen molar-refractivity contribution in [3.05, 3.63) is 47.5 Å². The summed E-state index contributed by atoms with van der Waals surface area (Å²) in [5, 5.41) is 23.0. The number of rotatable bonds is 11. The molecule has 0 saturated heterocycles. The minimum Gasteiger partial charge on any atom is -0.438 e. The third kappa shape index (κ3) is 8.01. The molecule has 2 aromatic rings. The Morgan fingerprint density at radius 2 is 2.03 bits per heavy atom. The number of ether oxygens (including phenoxy) is 2. The number of amides is 2.